The second-order valence-electron chi connectivity index (χ2n) is 6.78. The first-order valence-electron chi connectivity index (χ1n) is 9.75. The summed E-state index contributed by atoms with van der Waals surface area (Å²) in [7, 11) is -3.84. The molecule has 2 aromatic rings. The monoisotopic (exact) mass is 487 g/mol. The Hall–Kier alpha value is -2.44. The number of aliphatic hydroxyl groups is 1. The Morgan fingerprint density at radius 2 is 1.97 bits per heavy atom. The SMILES string of the molecule is O=C(CNc1ccc(F)cc1OCCO)Nc1ccc(Cl)c(S(=O)(=O)N2CCOCC2)c1. The molecule has 12 heteroatoms. The van der Waals surface area contributed by atoms with Crippen molar-refractivity contribution < 1.29 is 32.2 Å². The zero-order chi connectivity index (χ0) is 23.1. The number of nitrogens with one attached hydrogen (secondary N) is 2. The second kappa shape index (κ2) is 10.9. The number of ether oxygens (including phenoxy) is 2. The molecule has 0 aliphatic carbocycles. The van der Waals surface area contributed by atoms with E-state index < -0.39 is 21.7 Å². The summed E-state index contributed by atoms with van der Waals surface area (Å²) in [5.41, 5.74) is 0.616. The lowest BCUT2D eigenvalue weighted by molar-refractivity contribution is -0.114. The molecule has 1 saturated heterocycles. The van der Waals surface area contributed by atoms with E-state index in [1.54, 1.807) is 0 Å². The highest BCUT2D eigenvalue weighted by atomic mass is 35.5. The minimum Gasteiger partial charge on any atom is -0.489 e. The van der Waals surface area contributed by atoms with Gasteiger partial charge in [-0.3, -0.25) is 4.79 Å². The Labute approximate surface area is 190 Å². The molecule has 0 unspecified atom stereocenters. The first kappa shape index (κ1) is 24.2. The van der Waals surface area contributed by atoms with E-state index in [0.717, 1.165) is 6.07 Å². The van der Waals surface area contributed by atoms with Gasteiger partial charge in [0.2, 0.25) is 15.9 Å². The van der Waals surface area contributed by atoms with Gasteiger partial charge in [0.05, 0.1) is 37.1 Å². The highest BCUT2D eigenvalue weighted by molar-refractivity contribution is 7.89. The van der Waals surface area contributed by atoms with Crippen LogP contribution in [0.2, 0.25) is 5.02 Å². The van der Waals surface area contributed by atoms with Crippen LogP contribution in [0, 0.1) is 5.82 Å². The molecule has 0 atom stereocenters. The smallest absolute Gasteiger partial charge is 0.244 e. The molecule has 0 saturated carbocycles. The Bertz CT molecular complexity index is 1060. The average Bonchev–Trinajstić information content (AvgIpc) is 2.78. The Balaban J connectivity index is 1.68. The van der Waals surface area contributed by atoms with Crippen LogP contribution < -0.4 is 15.4 Å². The topological polar surface area (TPSA) is 117 Å². The fourth-order valence-corrected chi connectivity index (χ4v) is 4.91. The number of aliphatic hydroxyl groups excluding tert-OH is 1. The van der Waals surface area contributed by atoms with E-state index in [4.69, 9.17) is 26.2 Å². The van der Waals surface area contributed by atoms with Crippen molar-refractivity contribution in [2.75, 3.05) is 56.7 Å². The summed E-state index contributed by atoms with van der Waals surface area (Å²) in [6.07, 6.45) is 0. The maximum absolute atomic E-state index is 13.4. The zero-order valence-corrected chi connectivity index (χ0v) is 18.6. The van der Waals surface area contributed by atoms with Gasteiger partial charge < -0.3 is 25.2 Å². The summed E-state index contributed by atoms with van der Waals surface area (Å²) < 4.78 is 51.0. The maximum Gasteiger partial charge on any atom is 0.244 e. The van der Waals surface area contributed by atoms with Crippen LogP contribution in [0.5, 0.6) is 5.75 Å². The zero-order valence-electron chi connectivity index (χ0n) is 17.0. The Morgan fingerprint density at radius 1 is 1.22 bits per heavy atom. The predicted octanol–water partition coefficient (Wildman–Crippen LogP) is 1.92. The number of amides is 1. The van der Waals surface area contributed by atoms with Crippen molar-refractivity contribution in [3.63, 3.8) is 0 Å². The number of hydrogen-bond acceptors (Lipinski definition) is 7. The van der Waals surface area contributed by atoms with Gasteiger partial charge in [0.1, 0.15) is 23.1 Å². The number of rotatable bonds is 9. The molecule has 174 valence electrons. The summed E-state index contributed by atoms with van der Waals surface area (Å²) in [5, 5.41) is 14.4. The van der Waals surface area contributed by atoms with Gasteiger partial charge in [0.15, 0.2) is 0 Å². The predicted molar refractivity (Wildman–Crippen MR) is 117 cm³/mol. The fraction of sp³-hybridized carbons (Fsp3) is 0.350. The van der Waals surface area contributed by atoms with Crippen LogP contribution in [-0.2, 0) is 19.6 Å². The lowest BCUT2D eigenvalue weighted by Crippen LogP contribution is -2.40. The van der Waals surface area contributed by atoms with Crippen LogP contribution in [0.4, 0.5) is 15.8 Å². The van der Waals surface area contributed by atoms with Crippen molar-refractivity contribution in [3.8, 4) is 5.75 Å². The summed E-state index contributed by atoms with van der Waals surface area (Å²) in [6, 6.07) is 7.94. The van der Waals surface area contributed by atoms with E-state index >= 15 is 0 Å². The van der Waals surface area contributed by atoms with Gasteiger partial charge in [-0.1, -0.05) is 11.6 Å². The molecule has 1 aliphatic rings. The lowest BCUT2D eigenvalue weighted by Gasteiger charge is -2.26. The average molecular weight is 488 g/mol. The van der Waals surface area contributed by atoms with E-state index in [9.17, 15) is 17.6 Å². The number of hydrogen-bond donors (Lipinski definition) is 3. The van der Waals surface area contributed by atoms with Gasteiger partial charge >= 0.3 is 0 Å². The van der Waals surface area contributed by atoms with Gasteiger partial charge in [-0.15, -0.1) is 0 Å². The third-order valence-electron chi connectivity index (χ3n) is 4.53. The van der Waals surface area contributed by atoms with Gasteiger partial charge in [-0.2, -0.15) is 4.31 Å². The third-order valence-corrected chi connectivity index (χ3v) is 6.91. The molecule has 2 aromatic carbocycles. The Kier molecular flexibility index (Phi) is 8.26. The number of halogens is 2. The number of sulfonamides is 1. The lowest BCUT2D eigenvalue weighted by atomic mass is 10.2. The number of benzene rings is 2. The molecule has 1 fully saturated rings. The van der Waals surface area contributed by atoms with Crippen LogP contribution in [0.3, 0.4) is 0 Å². The molecule has 0 spiro atoms. The largest absolute Gasteiger partial charge is 0.489 e. The number of carbonyl (C=O) groups excluding carboxylic acids is 1. The van der Waals surface area contributed by atoms with Crippen molar-refractivity contribution in [1.82, 2.24) is 4.31 Å². The minimum atomic E-state index is -3.84. The van der Waals surface area contributed by atoms with Gasteiger partial charge in [-0.25, -0.2) is 12.8 Å². The van der Waals surface area contributed by atoms with E-state index in [0.29, 0.717) is 18.9 Å². The molecule has 0 aromatic heterocycles. The number of carbonyl (C=O) groups is 1. The molecule has 9 nitrogen and oxygen atoms in total. The molecule has 3 N–H and O–H groups in total. The van der Waals surface area contributed by atoms with Crippen LogP contribution >= 0.6 is 11.6 Å². The van der Waals surface area contributed by atoms with Crippen LogP contribution in [0.15, 0.2) is 41.3 Å². The molecule has 3 rings (SSSR count). The normalized spacial score (nSPS) is 14.7. The minimum absolute atomic E-state index is 0.0322. The molecular weight excluding hydrogens is 465 g/mol. The molecule has 0 bridgehead atoms. The van der Waals surface area contributed by atoms with Crippen molar-refractivity contribution in [1.29, 1.82) is 0 Å². The fourth-order valence-electron chi connectivity index (χ4n) is 3.00. The van der Waals surface area contributed by atoms with Gasteiger partial charge in [-0.05, 0) is 30.3 Å². The number of anilines is 2. The van der Waals surface area contributed by atoms with Gasteiger partial charge in [0.25, 0.3) is 0 Å². The maximum atomic E-state index is 13.4. The van der Waals surface area contributed by atoms with Crippen molar-refractivity contribution >= 4 is 38.9 Å². The van der Waals surface area contributed by atoms with E-state index in [1.807, 2.05) is 0 Å². The highest BCUT2D eigenvalue weighted by Crippen LogP contribution is 2.29. The summed E-state index contributed by atoms with van der Waals surface area (Å²) in [4.78, 5) is 12.3. The van der Waals surface area contributed by atoms with Crippen molar-refractivity contribution in [3.05, 3.63) is 47.2 Å². The second-order valence-corrected chi connectivity index (χ2v) is 9.09. The van der Waals surface area contributed by atoms with E-state index in [2.05, 4.69) is 10.6 Å². The highest BCUT2D eigenvalue weighted by Gasteiger charge is 2.28. The standard InChI is InChI=1S/C20H23ClFN3O6S/c21-16-3-2-15(12-19(16)32(28,29)25-5-8-30-9-6-25)24-20(27)13-23-17-4-1-14(22)11-18(17)31-10-7-26/h1-4,11-12,23,26H,5-10,13H2,(H,24,27). The van der Waals surface area contributed by atoms with E-state index in [1.165, 1.54) is 34.6 Å². The molecule has 1 heterocycles. The summed E-state index contributed by atoms with van der Waals surface area (Å²) in [6.45, 7) is 0.557. The third kappa shape index (κ3) is 6.08. The van der Waals surface area contributed by atoms with Crippen LogP contribution in [-0.4, -0.2) is 69.8 Å². The van der Waals surface area contributed by atoms with Gasteiger partial charge in [0, 0.05) is 24.8 Å². The van der Waals surface area contributed by atoms with Crippen molar-refractivity contribution in [2.45, 2.75) is 4.90 Å². The first-order chi connectivity index (χ1) is 15.3. The number of morpholine rings is 1. The Morgan fingerprint density at radius 3 is 2.69 bits per heavy atom. The molecular formula is C20H23ClFN3O6S. The number of nitrogens with zero attached hydrogens (tertiary/aromatic N) is 1. The van der Waals surface area contributed by atoms with Crippen LogP contribution in [0.25, 0.3) is 0 Å². The summed E-state index contributed by atoms with van der Waals surface area (Å²) >= 11 is 6.13. The molecule has 0 radical (unpaired) electrons. The molecule has 1 aliphatic heterocycles. The first-order valence-corrected chi connectivity index (χ1v) is 11.6. The summed E-state index contributed by atoms with van der Waals surface area (Å²) in [5.74, 6) is -0.847. The quantitative estimate of drug-likeness (QED) is 0.494. The van der Waals surface area contributed by atoms with Crippen LogP contribution in [0.1, 0.15) is 0 Å². The molecule has 1 amide bonds. The molecule has 32 heavy (non-hydrogen) atoms. The van der Waals surface area contributed by atoms with Crippen molar-refractivity contribution in [2.24, 2.45) is 0 Å². The van der Waals surface area contributed by atoms with E-state index in [-0.39, 0.29) is 54.2 Å².